The van der Waals surface area contributed by atoms with Crippen molar-refractivity contribution in [1.82, 2.24) is 0 Å². The number of hydrogen-bond acceptors (Lipinski definition) is 1. The molecule has 0 saturated heterocycles. The van der Waals surface area contributed by atoms with E-state index in [1.54, 1.807) is 0 Å². The monoisotopic (exact) mass is 449 g/mol. The summed E-state index contributed by atoms with van der Waals surface area (Å²) in [5, 5.41) is 0. The van der Waals surface area contributed by atoms with Gasteiger partial charge in [-0.15, -0.1) is 0 Å². The Labute approximate surface area is 207 Å². The summed E-state index contributed by atoms with van der Waals surface area (Å²) in [5.41, 5.74) is 12.7. The third-order valence-corrected chi connectivity index (χ3v) is 6.72. The second kappa shape index (κ2) is 9.12. The molecule has 5 aromatic carbocycles. The molecule has 0 unspecified atom stereocenters. The molecule has 0 heterocycles. The summed E-state index contributed by atoms with van der Waals surface area (Å²) in [6.45, 7) is 2.12. The van der Waals surface area contributed by atoms with E-state index in [1.165, 1.54) is 50.3 Å². The van der Waals surface area contributed by atoms with Crippen molar-refractivity contribution in [2.24, 2.45) is 0 Å². The zero-order valence-electron chi connectivity index (χ0n) is 19.9. The molecule has 0 bridgehead atoms. The van der Waals surface area contributed by atoms with Crippen LogP contribution in [0, 0.1) is 6.92 Å². The quantitative estimate of drug-likeness (QED) is 0.245. The van der Waals surface area contributed by atoms with Gasteiger partial charge in [0, 0.05) is 16.9 Å². The topological polar surface area (TPSA) is 3.24 Å². The highest BCUT2D eigenvalue weighted by Gasteiger charge is 2.27. The predicted molar refractivity (Wildman–Crippen MR) is 149 cm³/mol. The van der Waals surface area contributed by atoms with E-state index in [0.717, 1.165) is 12.1 Å². The number of hydrogen-bond donors (Lipinski definition) is 0. The first-order valence-electron chi connectivity index (χ1n) is 12.2. The first-order chi connectivity index (χ1) is 17.3. The standard InChI is InChI=1S/C34H27N/c1-25-17-19-26(20-18-25)9-7-10-27-21-23-29(24-22-27)35(28-11-3-2-4-12-28)33-16-8-15-32-30-13-5-6-14-31(30)34(32)33/h2-9,11-24H,10H2,1H3. The van der Waals surface area contributed by atoms with Gasteiger partial charge in [-0.2, -0.15) is 0 Å². The zero-order valence-corrected chi connectivity index (χ0v) is 19.9. The molecular formula is C34H27N. The van der Waals surface area contributed by atoms with Gasteiger partial charge >= 0.3 is 0 Å². The van der Waals surface area contributed by atoms with Crippen molar-refractivity contribution in [1.29, 1.82) is 0 Å². The van der Waals surface area contributed by atoms with Crippen LogP contribution >= 0.6 is 0 Å². The lowest BCUT2D eigenvalue weighted by atomic mass is 9.79. The molecule has 0 saturated carbocycles. The Hall–Kier alpha value is -4.36. The molecule has 0 aliphatic heterocycles. The van der Waals surface area contributed by atoms with E-state index < -0.39 is 0 Å². The van der Waals surface area contributed by atoms with Crippen LogP contribution in [0.2, 0.25) is 0 Å². The highest BCUT2D eigenvalue weighted by atomic mass is 15.1. The van der Waals surface area contributed by atoms with E-state index in [9.17, 15) is 0 Å². The maximum Gasteiger partial charge on any atom is 0.0546 e. The number of allylic oxidation sites excluding steroid dienone is 1. The molecule has 0 aromatic heterocycles. The average Bonchev–Trinajstić information content (AvgIpc) is 2.90. The molecule has 1 aliphatic carbocycles. The molecule has 0 spiro atoms. The van der Waals surface area contributed by atoms with Gasteiger partial charge in [0.15, 0.2) is 0 Å². The third-order valence-electron chi connectivity index (χ3n) is 6.72. The van der Waals surface area contributed by atoms with E-state index in [0.29, 0.717) is 0 Å². The number of para-hydroxylation sites is 1. The van der Waals surface area contributed by atoms with E-state index in [4.69, 9.17) is 0 Å². The van der Waals surface area contributed by atoms with Gasteiger partial charge in [-0.05, 0) is 71.5 Å². The predicted octanol–water partition coefficient (Wildman–Crippen LogP) is 9.37. The van der Waals surface area contributed by atoms with Crippen molar-refractivity contribution in [2.75, 3.05) is 4.90 Å². The molecule has 0 amide bonds. The molecule has 1 nitrogen and oxygen atoms in total. The number of rotatable bonds is 6. The van der Waals surface area contributed by atoms with E-state index in [-0.39, 0.29) is 0 Å². The maximum absolute atomic E-state index is 2.38. The minimum atomic E-state index is 0.910. The van der Waals surface area contributed by atoms with Gasteiger partial charge in [-0.25, -0.2) is 0 Å². The van der Waals surface area contributed by atoms with Crippen molar-refractivity contribution in [2.45, 2.75) is 13.3 Å². The fraction of sp³-hybridized carbons (Fsp3) is 0.0588. The van der Waals surface area contributed by atoms with Crippen molar-refractivity contribution in [3.63, 3.8) is 0 Å². The van der Waals surface area contributed by atoms with Gasteiger partial charge in [-0.1, -0.05) is 109 Å². The van der Waals surface area contributed by atoms with Crippen molar-refractivity contribution in [3.05, 3.63) is 144 Å². The normalized spacial score (nSPS) is 11.6. The summed E-state index contributed by atoms with van der Waals surface area (Å²) in [7, 11) is 0. The average molecular weight is 450 g/mol. The fourth-order valence-electron chi connectivity index (χ4n) is 4.90. The summed E-state index contributed by atoms with van der Waals surface area (Å²) < 4.78 is 0. The van der Waals surface area contributed by atoms with Crippen molar-refractivity contribution < 1.29 is 0 Å². The van der Waals surface area contributed by atoms with Gasteiger partial charge in [0.05, 0.1) is 5.69 Å². The van der Waals surface area contributed by atoms with E-state index in [2.05, 4.69) is 145 Å². The molecule has 5 aromatic rings. The van der Waals surface area contributed by atoms with Crippen molar-refractivity contribution in [3.8, 4) is 22.3 Å². The van der Waals surface area contributed by atoms with Gasteiger partial charge in [-0.3, -0.25) is 0 Å². The molecule has 35 heavy (non-hydrogen) atoms. The van der Waals surface area contributed by atoms with Crippen molar-refractivity contribution >= 4 is 23.1 Å². The molecular weight excluding hydrogens is 422 g/mol. The summed E-state index contributed by atoms with van der Waals surface area (Å²) in [6.07, 6.45) is 5.35. The molecule has 0 atom stereocenters. The molecule has 0 N–H and O–H groups in total. The highest BCUT2D eigenvalue weighted by Crippen LogP contribution is 2.53. The van der Waals surface area contributed by atoms with Crippen LogP contribution in [0.15, 0.2) is 127 Å². The summed E-state index contributed by atoms with van der Waals surface area (Å²) in [5.74, 6) is 0. The summed E-state index contributed by atoms with van der Waals surface area (Å²) in [6, 6.07) is 43.6. The minimum absolute atomic E-state index is 0.910. The van der Waals surface area contributed by atoms with Crippen LogP contribution in [0.4, 0.5) is 17.1 Å². The molecule has 1 heteroatoms. The summed E-state index contributed by atoms with van der Waals surface area (Å²) in [4.78, 5) is 2.38. The van der Waals surface area contributed by atoms with Gasteiger partial charge in [0.1, 0.15) is 0 Å². The lowest BCUT2D eigenvalue weighted by molar-refractivity contribution is 1.24. The Balaban J connectivity index is 1.32. The first-order valence-corrected chi connectivity index (χ1v) is 12.2. The van der Waals surface area contributed by atoms with Gasteiger partial charge < -0.3 is 4.90 Å². The highest BCUT2D eigenvalue weighted by molar-refractivity contribution is 6.09. The lowest BCUT2D eigenvalue weighted by Crippen LogP contribution is -2.13. The van der Waals surface area contributed by atoms with E-state index >= 15 is 0 Å². The Morgan fingerprint density at radius 1 is 0.571 bits per heavy atom. The third kappa shape index (κ3) is 4.06. The second-order valence-corrected chi connectivity index (χ2v) is 9.10. The van der Waals surface area contributed by atoms with Crippen LogP contribution in [0.5, 0.6) is 0 Å². The largest absolute Gasteiger partial charge is 0.310 e. The SMILES string of the molecule is Cc1ccc(C=CCc2ccc(N(c3ccccc3)c3cccc4c3-c3ccccc3-4)cc2)cc1. The lowest BCUT2D eigenvalue weighted by Gasteiger charge is -2.33. The molecule has 0 radical (unpaired) electrons. The zero-order chi connectivity index (χ0) is 23.6. The molecule has 6 rings (SSSR count). The Morgan fingerprint density at radius 2 is 1.23 bits per heavy atom. The van der Waals surface area contributed by atoms with E-state index in [1.807, 2.05) is 0 Å². The van der Waals surface area contributed by atoms with Crippen LogP contribution in [0.3, 0.4) is 0 Å². The van der Waals surface area contributed by atoms with Crippen LogP contribution in [-0.4, -0.2) is 0 Å². The number of fused-ring (bicyclic) bond motifs is 4. The Kier molecular flexibility index (Phi) is 5.52. The van der Waals surface area contributed by atoms with Crippen LogP contribution in [0.1, 0.15) is 16.7 Å². The Bertz CT molecular complexity index is 1490. The number of aryl methyl sites for hydroxylation is 1. The fourth-order valence-corrected chi connectivity index (χ4v) is 4.90. The first kappa shape index (κ1) is 21.2. The minimum Gasteiger partial charge on any atom is -0.310 e. The molecule has 0 fully saturated rings. The maximum atomic E-state index is 2.38. The van der Waals surface area contributed by atoms with Crippen LogP contribution in [-0.2, 0) is 6.42 Å². The smallest absolute Gasteiger partial charge is 0.0546 e. The molecule has 1 aliphatic rings. The molecule has 168 valence electrons. The van der Waals surface area contributed by atoms with Gasteiger partial charge in [0.2, 0.25) is 0 Å². The Morgan fingerprint density at radius 3 is 2.00 bits per heavy atom. The number of anilines is 3. The summed E-state index contributed by atoms with van der Waals surface area (Å²) >= 11 is 0. The number of benzene rings is 5. The van der Waals surface area contributed by atoms with Crippen LogP contribution < -0.4 is 4.90 Å². The second-order valence-electron chi connectivity index (χ2n) is 9.10. The van der Waals surface area contributed by atoms with Crippen LogP contribution in [0.25, 0.3) is 28.3 Å². The van der Waals surface area contributed by atoms with Gasteiger partial charge in [0.25, 0.3) is 0 Å². The number of nitrogens with zero attached hydrogens (tertiary/aromatic N) is 1.